The molecular weight excluding hydrogens is 615 g/mol. The van der Waals surface area contributed by atoms with E-state index in [2.05, 4.69) is 95.3 Å². The quantitative estimate of drug-likeness (QED) is 0.189. The van der Waals surface area contributed by atoms with E-state index in [-0.39, 0.29) is 11.3 Å². The lowest BCUT2D eigenvalue weighted by molar-refractivity contribution is 0.304. The molecule has 0 spiro atoms. The highest BCUT2D eigenvalue weighted by atomic mass is 35.5. The monoisotopic (exact) mass is 670 g/mol. The fourth-order valence-corrected chi connectivity index (χ4v) is 13.1. The third-order valence-corrected chi connectivity index (χ3v) is 14.5. The lowest BCUT2D eigenvalue weighted by Crippen LogP contribution is -2.30. The molecule has 252 valence electrons. The van der Waals surface area contributed by atoms with E-state index >= 15 is 0 Å². The first-order valence-corrected chi connectivity index (χ1v) is 20.5. The Labute approximate surface area is 291 Å². The molecule has 2 fully saturated rings. The Morgan fingerprint density at radius 3 is 1.83 bits per heavy atom. The second-order valence-electron chi connectivity index (χ2n) is 15.2. The number of allylic oxidation sites excluding steroid dienone is 1. The molecule has 47 heavy (non-hydrogen) atoms. The lowest BCUT2D eigenvalue weighted by atomic mass is 9.72. The summed E-state index contributed by atoms with van der Waals surface area (Å²) in [6, 6.07) is 20.0. The summed E-state index contributed by atoms with van der Waals surface area (Å²) in [7, 11) is -0.507. The van der Waals surface area contributed by atoms with E-state index in [1.165, 1.54) is 97.3 Å². The molecule has 6 rings (SSSR count). The highest BCUT2D eigenvalue weighted by molar-refractivity contribution is 7.67. The maximum Gasteiger partial charge on any atom is 0.130 e. The van der Waals surface area contributed by atoms with Crippen molar-refractivity contribution in [3.05, 3.63) is 76.3 Å². The molecule has 1 unspecified atom stereocenters. The first-order valence-electron chi connectivity index (χ1n) is 18.6. The van der Waals surface area contributed by atoms with Gasteiger partial charge in [-0.15, -0.1) is 0 Å². The van der Waals surface area contributed by atoms with Crippen LogP contribution in [0.3, 0.4) is 0 Å². The summed E-state index contributed by atoms with van der Waals surface area (Å²) in [6.07, 6.45) is 17.9. The largest absolute Gasteiger partial charge is 0.493 e. The molecule has 0 bridgehead atoms. The van der Waals surface area contributed by atoms with E-state index in [0.717, 1.165) is 46.2 Å². The Morgan fingerprint density at radius 2 is 1.28 bits per heavy atom. The molecule has 3 aromatic carbocycles. The van der Waals surface area contributed by atoms with Crippen LogP contribution < -0.4 is 14.8 Å². The molecule has 3 aliphatic rings. The zero-order valence-electron chi connectivity index (χ0n) is 29.5. The Morgan fingerprint density at radius 1 is 0.702 bits per heavy atom. The third-order valence-electron chi connectivity index (χ3n) is 10.6. The third kappa shape index (κ3) is 7.35. The van der Waals surface area contributed by atoms with Crippen molar-refractivity contribution in [2.24, 2.45) is 5.41 Å². The topological polar surface area (TPSA) is 18.5 Å². The summed E-state index contributed by atoms with van der Waals surface area (Å²) < 4.78 is 13.2. The normalized spacial score (nSPS) is 19.1. The predicted octanol–water partition coefficient (Wildman–Crippen LogP) is 13.0. The number of halogens is 1. The molecule has 4 heteroatoms. The van der Waals surface area contributed by atoms with Gasteiger partial charge >= 0.3 is 0 Å². The minimum absolute atomic E-state index is 0.0328. The van der Waals surface area contributed by atoms with Gasteiger partial charge in [-0.05, 0) is 101 Å². The van der Waals surface area contributed by atoms with Gasteiger partial charge in [0.2, 0.25) is 0 Å². The van der Waals surface area contributed by atoms with Gasteiger partial charge in [-0.2, -0.15) is 0 Å². The second-order valence-corrected chi connectivity index (χ2v) is 18.3. The van der Waals surface area contributed by atoms with Crippen molar-refractivity contribution in [2.75, 3.05) is 13.2 Å². The van der Waals surface area contributed by atoms with Crippen molar-refractivity contribution in [2.45, 2.75) is 129 Å². The van der Waals surface area contributed by atoms with Gasteiger partial charge in [0, 0.05) is 16.5 Å². The summed E-state index contributed by atoms with van der Waals surface area (Å²) in [5.41, 5.74) is 9.40. The molecule has 0 aliphatic heterocycles. The van der Waals surface area contributed by atoms with E-state index in [0.29, 0.717) is 13.2 Å². The fourth-order valence-electron chi connectivity index (χ4n) is 8.61. The lowest BCUT2D eigenvalue weighted by Gasteiger charge is -2.42. The average molecular weight is 671 g/mol. The molecule has 0 heterocycles. The first-order chi connectivity index (χ1) is 22.8. The smallest absolute Gasteiger partial charge is 0.130 e. The van der Waals surface area contributed by atoms with Crippen LogP contribution >= 0.6 is 19.5 Å². The summed E-state index contributed by atoms with van der Waals surface area (Å²) in [5.74, 6) is 2.14. The van der Waals surface area contributed by atoms with Crippen LogP contribution in [0.15, 0.2) is 54.6 Å². The number of benzene rings is 3. The van der Waals surface area contributed by atoms with Crippen molar-refractivity contribution in [1.29, 1.82) is 0 Å². The van der Waals surface area contributed by atoms with Gasteiger partial charge in [0.15, 0.2) is 0 Å². The molecular formula is C43H56ClO2P. The summed E-state index contributed by atoms with van der Waals surface area (Å²) in [4.78, 5) is 0. The number of hydrogen-bond donors (Lipinski definition) is 0. The molecule has 0 N–H and O–H groups in total. The van der Waals surface area contributed by atoms with Gasteiger partial charge in [0.1, 0.15) is 11.5 Å². The molecule has 0 aromatic heterocycles. The molecule has 0 radical (unpaired) electrons. The SMILES string of the molecule is CCCOc1cccc(OCCC)c1-c1ccc(Cl)c(C2=Cc3ccccc3C2C(C)(C)C)c1P(C1CCCCC1)C1CCCCC1. The number of rotatable bonds is 11. The molecule has 3 aliphatic carbocycles. The number of fused-ring (bicyclic) bond motifs is 1. The van der Waals surface area contributed by atoms with Gasteiger partial charge in [-0.1, -0.05) is 135 Å². The van der Waals surface area contributed by atoms with Crippen LogP contribution in [0.4, 0.5) is 0 Å². The van der Waals surface area contributed by atoms with Gasteiger partial charge in [0.05, 0.1) is 18.8 Å². The Hall–Kier alpha value is -2.28. The minimum Gasteiger partial charge on any atom is -0.493 e. The van der Waals surface area contributed by atoms with Gasteiger partial charge < -0.3 is 9.47 Å². The molecule has 0 amide bonds. The number of ether oxygens (including phenoxy) is 2. The average Bonchev–Trinajstić information content (AvgIpc) is 3.48. The van der Waals surface area contributed by atoms with E-state index in [1.54, 1.807) is 0 Å². The van der Waals surface area contributed by atoms with Gasteiger partial charge in [-0.3, -0.25) is 0 Å². The van der Waals surface area contributed by atoms with Gasteiger partial charge in [0.25, 0.3) is 0 Å². The van der Waals surface area contributed by atoms with Crippen molar-refractivity contribution >= 4 is 36.5 Å². The van der Waals surface area contributed by atoms with Crippen LogP contribution in [-0.4, -0.2) is 24.5 Å². The van der Waals surface area contributed by atoms with Crippen LogP contribution in [0.1, 0.15) is 134 Å². The van der Waals surface area contributed by atoms with E-state index in [4.69, 9.17) is 21.1 Å². The molecule has 0 saturated heterocycles. The molecule has 2 saturated carbocycles. The molecule has 1 atom stereocenters. The van der Waals surface area contributed by atoms with Crippen molar-refractivity contribution in [1.82, 2.24) is 0 Å². The standard InChI is InChI=1S/C43H56ClO2P/c1-6-27-45-37-23-16-24-38(46-28-7-2)40(37)34-25-26-36(44)39(35-29-30-17-14-15-22-33(30)41(35)43(3,4)5)42(34)47(31-18-10-8-11-19-31)32-20-12-9-13-21-32/h14-17,22-26,29,31-32,41H,6-13,18-21,27-28H2,1-5H3. The Balaban J connectivity index is 1.68. The Kier molecular flexibility index (Phi) is 11.4. The molecule has 3 aromatic rings. The highest BCUT2D eigenvalue weighted by Crippen LogP contribution is 2.61. The summed E-state index contributed by atoms with van der Waals surface area (Å²) >= 11 is 7.60. The maximum absolute atomic E-state index is 7.60. The molecule has 2 nitrogen and oxygen atoms in total. The zero-order valence-corrected chi connectivity index (χ0v) is 31.2. The van der Waals surface area contributed by atoms with Crippen molar-refractivity contribution < 1.29 is 9.47 Å². The van der Waals surface area contributed by atoms with Crippen LogP contribution in [0.2, 0.25) is 5.02 Å². The summed E-state index contributed by atoms with van der Waals surface area (Å²) in [6.45, 7) is 13.0. The van der Waals surface area contributed by atoms with Gasteiger partial charge in [-0.25, -0.2) is 0 Å². The van der Waals surface area contributed by atoms with E-state index in [1.807, 2.05) is 0 Å². The van der Waals surface area contributed by atoms with Crippen molar-refractivity contribution in [3.8, 4) is 22.6 Å². The zero-order chi connectivity index (χ0) is 33.0. The first kappa shape index (κ1) is 34.6. The predicted molar refractivity (Wildman–Crippen MR) is 205 cm³/mol. The van der Waals surface area contributed by atoms with Crippen LogP contribution in [0.25, 0.3) is 22.8 Å². The fraction of sp³-hybridized carbons (Fsp3) is 0.535. The highest BCUT2D eigenvalue weighted by Gasteiger charge is 2.41. The summed E-state index contributed by atoms with van der Waals surface area (Å²) in [5, 5.41) is 2.44. The minimum atomic E-state index is -0.507. The second kappa shape index (κ2) is 15.5. The van der Waals surface area contributed by atoms with Crippen molar-refractivity contribution in [3.63, 3.8) is 0 Å². The van der Waals surface area contributed by atoms with Crippen LogP contribution in [0.5, 0.6) is 11.5 Å². The Bertz CT molecular complexity index is 1500. The maximum atomic E-state index is 7.60. The van der Waals surface area contributed by atoms with Crippen LogP contribution in [0, 0.1) is 5.41 Å². The van der Waals surface area contributed by atoms with Crippen LogP contribution in [-0.2, 0) is 0 Å². The van der Waals surface area contributed by atoms with E-state index < -0.39 is 7.92 Å². The van der Waals surface area contributed by atoms with E-state index in [9.17, 15) is 0 Å². The number of hydrogen-bond acceptors (Lipinski definition) is 2.